The minimum atomic E-state index is -0.0332. The topological polar surface area (TPSA) is 130 Å². The predicted molar refractivity (Wildman–Crippen MR) is 265 cm³/mol. The zero-order chi connectivity index (χ0) is 46.1. The predicted octanol–water partition coefficient (Wildman–Crippen LogP) is 12.4. The molecule has 0 aromatic rings. The molecule has 0 aromatic carbocycles. The van der Waals surface area contributed by atoms with Gasteiger partial charge in [0.2, 0.25) is 0 Å². The third-order valence-electron chi connectivity index (χ3n) is 12.1. The number of carbonyl (C=O) groups is 2. The van der Waals surface area contributed by atoms with Crippen LogP contribution in [0.5, 0.6) is 0 Å². The molecular formula is C52H105N6O5+. The Balaban J connectivity index is 4.61. The maximum atomic E-state index is 12.9. The highest BCUT2D eigenvalue weighted by Gasteiger charge is 2.15. The van der Waals surface area contributed by atoms with Crippen LogP contribution in [0.15, 0.2) is 0 Å². The minimum Gasteiger partial charge on any atom is -0.466 e. The van der Waals surface area contributed by atoms with Crippen molar-refractivity contribution in [2.24, 2.45) is 0 Å². The molecule has 0 fully saturated rings. The van der Waals surface area contributed by atoms with Gasteiger partial charge in [-0.25, -0.2) is 0 Å². The van der Waals surface area contributed by atoms with Gasteiger partial charge in [0.1, 0.15) is 6.10 Å². The van der Waals surface area contributed by atoms with Crippen LogP contribution in [0.25, 0.3) is 0 Å². The molecule has 11 nitrogen and oxygen atoms in total. The molecule has 372 valence electrons. The Hall–Kier alpha value is -2.20. The maximum absolute atomic E-state index is 12.9. The molecule has 0 amide bonds. The van der Waals surface area contributed by atoms with Gasteiger partial charge >= 0.3 is 17.9 Å². The number of ether oxygens (including phenoxy) is 3. The molecule has 0 aliphatic rings. The fraction of sp³-hybridized carbons (Fsp3) is 0.942. The van der Waals surface area contributed by atoms with Gasteiger partial charge in [-0.1, -0.05) is 168 Å². The van der Waals surface area contributed by atoms with E-state index >= 15 is 0 Å². The van der Waals surface area contributed by atoms with Gasteiger partial charge in [0.15, 0.2) is 0 Å². The number of rotatable bonds is 49. The van der Waals surface area contributed by atoms with E-state index in [0.717, 1.165) is 116 Å². The molecule has 11 heteroatoms. The first kappa shape index (κ1) is 60.8. The zero-order valence-corrected chi connectivity index (χ0v) is 42.4. The largest absolute Gasteiger partial charge is 0.466 e. The summed E-state index contributed by atoms with van der Waals surface area (Å²) in [6.07, 6.45) is 39.1. The summed E-state index contributed by atoms with van der Waals surface area (Å²) in [4.78, 5) is 33.4. The maximum Gasteiger partial charge on any atom is 0.464 e. The summed E-state index contributed by atoms with van der Waals surface area (Å²) in [6.45, 7) is 14.0. The lowest BCUT2D eigenvalue weighted by Gasteiger charge is -2.22. The number of unbranched alkanes of at least 4 members (excludes halogenated alkanes) is 24. The second kappa shape index (κ2) is 49.2. The van der Waals surface area contributed by atoms with Gasteiger partial charge in [0, 0.05) is 25.9 Å². The molecular weight excluding hydrogens is 789 g/mol. The van der Waals surface area contributed by atoms with Crippen LogP contribution in [0.3, 0.4) is 0 Å². The molecule has 0 aromatic heterocycles. The average Bonchev–Trinajstić information content (AvgIpc) is 3.27. The number of guanidine groups is 1. The van der Waals surface area contributed by atoms with E-state index in [1.165, 1.54) is 122 Å². The lowest BCUT2D eigenvalue weighted by atomic mass is 10.0. The molecule has 0 saturated carbocycles. The highest BCUT2D eigenvalue weighted by atomic mass is 16.5. The number of hydrogen-bond acceptors (Lipinski definition) is 8. The Morgan fingerprint density at radius 1 is 0.492 bits per heavy atom. The number of hydrogen-bond donors (Lipinski definition) is 3. The number of esters is 2. The van der Waals surface area contributed by atoms with Crippen molar-refractivity contribution in [3.63, 3.8) is 0 Å². The molecule has 0 spiro atoms. The van der Waals surface area contributed by atoms with Crippen LogP contribution in [0, 0.1) is 5.53 Å². The van der Waals surface area contributed by atoms with E-state index < -0.39 is 0 Å². The fourth-order valence-electron chi connectivity index (χ4n) is 7.98. The summed E-state index contributed by atoms with van der Waals surface area (Å²) in [5.74, 6) is 0.473. The van der Waals surface area contributed by atoms with Crippen LogP contribution in [0.1, 0.15) is 239 Å². The zero-order valence-electron chi connectivity index (χ0n) is 42.4. The van der Waals surface area contributed by atoms with Crippen molar-refractivity contribution >= 4 is 17.9 Å². The summed E-state index contributed by atoms with van der Waals surface area (Å²) in [5.41, 5.74) is 7.57. The van der Waals surface area contributed by atoms with Gasteiger partial charge in [-0.15, -0.1) is 4.79 Å². The van der Waals surface area contributed by atoms with Crippen molar-refractivity contribution in [2.75, 3.05) is 73.2 Å². The molecule has 0 saturated heterocycles. The second-order valence-electron chi connectivity index (χ2n) is 18.5. The van der Waals surface area contributed by atoms with Crippen LogP contribution in [0.2, 0.25) is 0 Å². The molecule has 0 atom stereocenters. The number of likely N-dealkylation sites (N-methyl/N-ethyl adjacent to an activating group) is 1. The lowest BCUT2D eigenvalue weighted by molar-refractivity contribution is -0.150. The van der Waals surface area contributed by atoms with Crippen molar-refractivity contribution in [1.82, 2.24) is 20.4 Å². The summed E-state index contributed by atoms with van der Waals surface area (Å²) in [5, 5.41) is 6.48. The third-order valence-corrected chi connectivity index (χ3v) is 12.1. The first-order chi connectivity index (χ1) is 30.9. The van der Waals surface area contributed by atoms with Crippen molar-refractivity contribution in [2.45, 2.75) is 245 Å². The SMILES string of the molecule is CCCCCCCCCOC(=O)CCCCCCCN(CCCCCCCC(=O)OC(CCCCCCCC)CCCCCCCC)CCCNC(=[N+]=N)NCCOCCN(C)C. The van der Waals surface area contributed by atoms with Crippen molar-refractivity contribution in [1.29, 1.82) is 5.53 Å². The number of nitrogens with zero attached hydrogens (tertiary/aromatic N) is 3. The van der Waals surface area contributed by atoms with Gasteiger partial charge in [0.25, 0.3) is 0 Å². The standard InChI is InChI=1S/C52H104N6O5/c1-6-9-12-15-18-27-34-46-62-50(59)38-30-23-19-25-32-42-58(44-35-40-54-52(56-53)55-41-47-61-48-45-57(4)5)43-33-26-20-24-31-39-51(60)63-49(36-28-21-16-13-10-7-2)37-29-22-17-14-11-8-3/h49,53H,6-48H2,1-5H3,(H,54,55)/p+1. The Morgan fingerprint density at radius 3 is 1.46 bits per heavy atom. The van der Waals surface area contributed by atoms with Gasteiger partial charge in [-0.05, 0) is 91.4 Å². The monoisotopic (exact) mass is 894 g/mol. The van der Waals surface area contributed by atoms with E-state index in [1.54, 1.807) is 0 Å². The van der Waals surface area contributed by atoms with E-state index in [-0.39, 0.29) is 18.0 Å². The van der Waals surface area contributed by atoms with Crippen molar-refractivity contribution in [3.05, 3.63) is 0 Å². The first-order valence-corrected chi connectivity index (χ1v) is 26.9. The van der Waals surface area contributed by atoms with Crippen molar-refractivity contribution in [3.8, 4) is 0 Å². The molecule has 0 radical (unpaired) electrons. The molecule has 63 heavy (non-hydrogen) atoms. The van der Waals surface area contributed by atoms with E-state index in [1.807, 2.05) is 14.1 Å². The van der Waals surface area contributed by atoms with Crippen LogP contribution in [0.4, 0.5) is 0 Å². The van der Waals surface area contributed by atoms with Gasteiger partial charge < -0.3 is 24.0 Å². The molecule has 0 unspecified atom stereocenters. The van der Waals surface area contributed by atoms with Crippen LogP contribution >= 0.6 is 0 Å². The second-order valence-corrected chi connectivity index (χ2v) is 18.5. The average molecular weight is 894 g/mol. The smallest absolute Gasteiger partial charge is 0.464 e. The minimum absolute atomic E-state index is 0.0117. The summed E-state index contributed by atoms with van der Waals surface area (Å²) in [7, 11) is 4.07. The summed E-state index contributed by atoms with van der Waals surface area (Å²) in [6, 6.07) is 0. The summed E-state index contributed by atoms with van der Waals surface area (Å²) < 4.78 is 17.2. The Bertz CT molecular complexity index is 1030. The van der Waals surface area contributed by atoms with E-state index in [9.17, 15) is 9.59 Å². The Morgan fingerprint density at radius 2 is 0.937 bits per heavy atom. The van der Waals surface area contributed by atoms with Crippen LogP contribution < -0.4 is 10.6 Å². The quantitative estimate of drug-likeness (QED) is 0.0136. The molecule has 3 N–H and O–H groups in total. The molecule has 0 aliphatic carbocycles. The summed E-state index contributed by atoms with van der Waals surface area (Å²) >= 11 is 0. The van der Waals surface area contributed by atoms with E-state index in [2.05, 4.69) is 46.0 Å². The van der Waals surface area contributed by atoms with E-state index in [0.29, 0.717) is 45.2 Å². The molecule has 0 bridgehead atoms. The highest BCUT2D eigenvalue weighted by Crippen LogP contribution is 2.19. The third kappa shape index (κ3) is 46.1. The molecule has 0 rings (SSSR count). The van der Waals surface area contributed by atoms with Crippen molar-refractivity contribution < 1.29 is 28.6 Å². The number of nitrogens with one attached hydrogen (secondary N) is 3. The van der Waals surface area contributed by atoms with Crippen LogP contribution in [-0.2, 0) is 23.8 Å². The van der Waals surface area contributed by atoms with Crippen LogP contribution in [-0.4, -0.2) is 112 Å². The first-order valence-electron chi connectivity index (χ1n) is 26.9. The van der Waals surface area contributed by atoms with Gasteiger partial charge in [-0.2, -0.15) is 0 Å². The molecule has 0 aliphatic heterocycles. The Labute approximate surface area is 389 Å². The number of carbonyl (C=O) groups excluding carboxylic acids is 2. The molecule has 0 heterocycles. The normalized spacial score (nSPS) is 11.4. The van der Waals surface area contributed by atoms with Gasteiger partial charge in [-0.3, -0.25) is 20.2 Å². The van der Waals surface area contributed by atoms with E-state index in [4.69, 9.17) is 19.7 Å². The highest BCUT2D eigenvalue weighted by molar-refractivity contribution is 5.73. The Kier molecular flexibility index (Phi) is 47.5. The van der Waals surface area contributed by atoms with Gasteiger partial charge in [0.05, 0.1) is 32.9 Å². The fourth-order valence-corrected chi connectivity index (χ4v) is 7.98. The lowest BCUT2D eigenvalue weighted by Crippen LogP contribution is -2.41.